The van der Waals surface area contributed by atoms with Crippen molar-refractivity contribution < 1.29 is 19.4 Å². The Morgan fingerprint density at radius 3 is 2.58 bits per heavy atom. The molecule has 5 rings (SSSR count). The number of para-hydroxylation sites is 1. The molecule has 1 aliphatic rings. The molecule has 1 saturated heterocycles. The topological polar surface area (TPSA) is 100 Å². The molecule has 4 aromatic rings. The minimum Gasteiger partial charge on any atom is -0.493 e. The van der Waals surface area contributed by atoms with Crippen LogP contribution in [-0.2, 0) is 0 Å². The van der Waals surface area contributed by atoms with Crippen molar-refractivity contribution in [3.63, 3.8) is 0 Å². The number of anilines is 2. The molecule has 2 N–H and O–H groups in total. The normalized spacial score (nSPS) is 13.4. The van der Waals surface area contributed by atoms with Gasteiger partial charge in [-0.25, -0.2) is 14.8 Å². The number of nitrogens with one attached hydrogen (secondary N) is 1. The largest absolute Gasteiger partial charge is 0.493 e. The summed E-state index contributed by atoms with van der Waals surface area (Å²) in [7, 11) is 1.61. The van der Waals surface area contributed by atoms with Crippen LogP contribution < -0.4 is 14.8 Å². The highest BCUT2D eigenvalue weighted by Gasteiger charge is 2.19. The van der Waals surface area contributed by atoms with Crippen LogP contribution in [-0.4, -0.2) is 70.8 Å². The number of amides is 1. The number of nitrogens with zero attached hydrogens (tertiary/aromatic N) is 4. The first-order chi connectivity index (χ1) is 18.6. The number of hydrogen-bond donors (Lipinski definition) is 2. The summed E-state index contributed by atoms with van der Waals surface area (Å²) in [5.74, 6) is 9.01. The highest BCUT2D eigenvalue weighted by Crippen LogP contribution is 2.35. The predicted octanol–water partition coefficient (Wildman–Crippen LogP) is 4.82. The lowest BCUT2D eigenvalue weighted by atomic mass is 10.1. The molecule has 0 radical (unpaired) electrons. The quantitative estimate of drug-likeness (QED) is 0.357. The van der Waals surface area contributed by atoms with Gasteiger partial charge in [-0.2, -0.15) is 0 Å². The summed E-state index contributed by atoms with van der Waals surface area (Å²) in [6.45, 7) is 2.95. The van der Waals surface area contributed by atoms with E-state index >= 15 is 0 Å². The molecule has 0 atom stereocenters. The van der Waals surface area contributed by atoms with Gasteiger partial charge in [0.25, 0.3) is 0 Å². The van der Waals surface area contributed by atoms with Gasteiger partial charge in [0.05, 0.1) is 19.2 Å². The van der Waals surface area contributed by atoms with Gasteiger partial charge in [0, 0.05) is 48.9 Å². The highest BCUT2D eigenvalue weighted by molar-refractivity contribution is 5.91. The maximum atomic E-state index is 11.1. The number of piperazine rings is 1. The summed E-state index contributed by atoms with van der Waals surface area (Å²) >= 11 is 0. The lowest BCUT2D eigenvalue weighted by Gasteiger charge is -2.31. The number of carbonyl (C=O) groups is 1. The second kappa shape index (κ2) is 11.5. The molecule has 1 amide bonds. The van der Waals surface area contributed by atoms with E-state index in [9.17, 15) is 4.79 Å². The smallest absolute Gasteiger partial charge is 0.407 e. The Morgan fingerprint density at radius 2 is 1.82 bits per heavy atom. The summed E-state index contributed by atoms with van der Waals surface area (Å²) in [6.07, 6.45) is 0.658. The monoisotopic (exact) mass is 509 g/mol. The van der Waals surface area contributed by atoms with E-state index in [1.807, 2.05) is 66.7 Å². The van der Waals surface area contributed by atoms with Crippen molar-refractivity contribution in [2.24, 2.45) is 0 Å². The Bertz CT molecular complexity index is 1490. The zero-order valence-corrected chi connectivity index (χ0v) is 20.9. The van der Waals surface area contributed by atoms with Gasteiger partial charge in [-0.05, 0) is 42.5 Å². The van der Waals surface area contributed by atoms with Crippen molar-refractivity contribution in [2.75, 3.05) is 45.2 Å². The van der Waals surface area contributed by atoms with E-state index in [-0.39, 0.29) is 0 Å². The molecule has 192 valence electrons. The van der Waals surface area contributed by atoms with E-state index in [1.54, 1.807) is 7.11 Å². The highest BCUT2D eigenvalue weighted by atomic mass is 16.5. The molecule has 3 aromatic carbocycles. The number of methoxy groups -OCH3 is 1. The predicted molar refractivity (Wildman–Crippen MR) is 145 cm³/mol. The maximum Gasteiger partial charge on any atom is 0.407 e. The Morgan fingerprint density at radius 1 is 1.00 bits per heavy atom. The Kier molecular flexibility index (Phi) is 7.52. The van der Waals surface area contributed by atoms with Crippen LogP contribution in [0, 0.1) is 11.8 Å². The first-order valence-electron chi connectivity index (χ1n) is 12.2. The molecule has 9 heteroatoms. The molecule has 9 nitrogen and oxygen atoms in total. The van der Waals surface area contributed by atoms with Gasteiger partial charge in [-0.3, -0.25) is 4.90 Å². The number of hydrogen-bond acceptors (Lipinski definition) is 7. The number of fused-ring (bicyclic) bond motifs is 1. The fraction of sp³-hybridized carbons (Fsp3) is 0.207. The van der Waals surface area contributed by atoms with E-state index in [0.29, 0.717) is 50.0 Å². The third-order valence-corrected chi connectivity index (χ3v) is 6.21. The van der Waals surface area contributed by atoms with Gasteiger partial charge < -0.3 is 24.8 Å². The first-order valence-corrected chi connectivity index (χ1v) is 12.2. The number of ether oxygens (including phenoxy) is 2. The van der Waals surface area contributed by atoms with Gasteiger partial charge in [-0.1, -0.05) is 30.0 Å². The van der Waals surface area contributed by atoms with E-state index in [2.05, 4.69) is 32.0 Å². The molecule has 0 unspecified atom stereocenters. The third kappa shape index (κ3) is 5.94. The van der Waals surface area contributed by atoms with Crippen LogP contribution in [0.1, 0.15) is 5.56 Å². The maximum absolute atomic E-state index is 11.1. The number of rotatable bonds is 6. The number of aromatic nitrogens is 2. The Hall–Kier alpha value is -4.81. The molecular weight excluding hydrogens is 482 g/mol. The van der Waals surface area contributed by atoms with Crippen molar-refractivity contribution in [3.05, 3.63) is 78.6 Å². The zero-order valence-electron chi connectivity index (χ0n) is 20.9. The van der Waals surface area contributed by atoms with Gasteiger partial charge in [0.1, 0.15) is 17.9 Å². The zero-order chi connectivity index (χ0) is 26.3. The van der Waals surface area contributed by atoms with Crippen molar-refractivity contribution in [1.29, 1.82) is 0 Å². The van der Waals surface area contributed by atoms with Gasteiger partial charge >= 0.3 is 6.09 Å². The average molecular weight is 510 g/mol. The fourth-order valence-electron chi connectivity index (χ4n) is 4.17. The van der Waals surface area contributed by atoms with Crippen LogP contribution in [0.15, 0.2) is 73.1 Å². The van der Waals surface area contributed by atoms with Crippen LogP contribution >= 0.6 is 0 Å². The van der Waals surface area contributed by atoms with Crippen molar-refractivity contribution in [1.82, 2.24) is 19.8 Å². The van der Waals surface area contributed by atoms with Crippen LogP contribution in [0.4, 0.5) is 16.3 Å². The molecule has 38 heavy (non-hydrogen) atoms. The minimum atomic E-state index is -0.867. The molecule has 1 aliphatic heterocycles. The molecule has 0 spiro atoms. The van der Waals surface area contributed by atoms with Crippen LogP contribution in [0.2, 0.25) is 0 Å². The second-order valence-electron chi connectivity index (χ2n) is 8.71. The molecular formula is C29H27N5O4. The Balaban J connectivity index is 1.31. The van der Waals surface area contributed by atoms with Crippen LogP contribution in [0.3, 0.4) is 0 Å². The molecule has 2 heterocycles. The molecule has 0 saturated carbocycles. The SMILES string of the molecule is COc1cc(Nc2ncnc3ccc(C#CCN4CCN(C(=O)O)CC4)cc23)ccc1Oc1ccccc1. The van der Waals surface area contributed by atoms with E-state index in [0.717, 1.165) is 27.9 Å². The summed E-state index contributed by atoms with van der Waals surface area (Å²) in [6, 6.07) is 21.0. The van der Waals surface area contributed by atoms with Crippen molar-refractivity contribution >= 4 is 28.5 Å². The standard InChI is InChI=1S/C29H27N5O4/c1-37-27-19-22(10-12-26(27)38-23-7-3-2-4-8-23)32-28-24-18-21(9-11-25(24)30-20-31-28)6-5-13-33-14-16-34(17-15-33)29(35)36/h2-4,7-12,18-20H,13-17H2,1H3,(H,35,36)(H,30,31,32). The van der Waals surface area contributed by atoms with Gasteiger partial charge in [0.2, 0.25) is 0 Å². The lowest BCUT2D eigenvalue weighted by Crippen LogP contribution is -2.48. The van der Waals surface area contributed by atoms with Crippen molar-refractivity contribution in [3.8, 4) is 29.1 Å². The number of benzene rings is 3. The third-order valence-electron chi connectivity index (χ3n) is 6.21. The summed E-state index contributed by atoms with van der Waals surface area (Å²) < 4.78 is 11.5. The van der Waals surface area contributed by atoms with E-state index in [1.165, 1.54) is 11.2 Å². The minimum absolute atomic E-state index is 0.503. The molecule has 1 aromatic heterocycles. The summed E-state index contributed by atoms with van der Waals surface area (Å²) in [5, 5.41) is 13.3. The first kappa shape index (κ1) is 24.9. The molecule has 0 bridgehead atoms. The van der Waals surface area contributed by atoms with Crippen LogP contribution in [0.5, 0.6) is 17.2 Å². The van der Waals surface area contributed by atoms with E-state index < -0.39 is 6.09 Å². The van der Waals surface area contributed by atoms with Gasteiger partial charge in [-0.15, -0.1) is 0 Å². The van der Waals surface area contributed by atoms with Crippen molar-refractivity contribution in [2.45, 2.75) is 0 Å². The van der Waals surface area contributed by atoms with E-state index in [4.69, 9.17) is 14.6 Å². The number of carboxylic acid groups (broad SMARTS) is 1. The second-order valence-corrected chi connectivity index (χ2v) is 8.71. The average Bonchev–Trinajstić information content (AvgIpc) is 2.95. The summed E-state index contributed by atoms with van der Waals surface area (Å²) in [5.41, 5.74) is 2.44. The summed E-state index contributed by atoms with van der Waals surface area (Å²) in [4.78, 5) is 23.5. The van der Waals surface area contributed by atoms with Crippen LogP contribution in [0.25, 0.3) is 10.9 Å². The molecule has 1 fully saturated rings. The fourth-order valence-corrected chi connectivity index (χ4v) is 4.17. The molecule has 0 aliphatic carbocycles. The Labute approximate surface area is 220 Å². The lowest BCUT2D eigenvalue weighted by molar-refractivity contribution is 0.111. The van der Waals surface area contributed by atoms with Gasteiger partial charge in [0.15, 0.2) is 11.5 Å².